The maximum Gasteiger partial charge on any atom is 0.186 e. The highest BCUT2D eigenvalue weighted by Gasteiger charge is 2.15. The Hall–Kier alpha value is -2.19. The Kier molecular flexibility index (Phi) is 3.75. The zero-order valence-corrected chi connectivity index (χ0v) is 11.3. The van der Waals surface area contributed by atoms with Gasteiger partial charge in [0.1, 0.15) is 6.07 Å². The van der Waals surface area contributed by atoms with E-state index in [1.54, 1.807) is 0 Å². The van der Waals surface area contributed by atoms with E-state index in [1.165, 1.54) is 19.3 Å². The Labute approximate surface area is 118 Å². The third kappa shape index (κ3) is 2.56. The number of nitriles is 1. The normalized spacial score (nSPS) is 18.6. The number of piperidine rings is 1. The molecule has 5 nitrogen and oxygen atoms in total. The fourth-order valence-electron chi connectivity index (χ4n) is 2.63. The van der Waals surface area contributed by atoms with Gasteiger partial charge in [0.2, 0.25) is 0 Å². The fourth-order valence-corrected chi connectivity index (χ4v) is 2.63. The molecule has 1 unspecified atom stereocenters. The summed E-state index contributed by atoms with van der Waals surface area (Å²) >= 11 is 0. The van der Waals surface area contributed by atoms with Gasteiger partial charge in [-0.25, -0.2) is 0 Å². The number of benzene rings is 1. The van der Waals surface area contributed by atoms with Crippen molar-refractivity contribution in [1.82, 2.24) is 15.5 Å². The van der Waals surface area contributed by atoms with Gasteiger partial charge in [0.15, 0.2) is 5.69 Å². The van der Waals surface area contributed by atoms with Crippen molar-refractivity contribution in [3.63, 3.8) is 0 Å². The molecular weight excluding hydrogens is 250 g/mol. The first kappa shape index (κ1) is 12.8. The lowest BCUT2D eigenvalue weighted by Gasteiger charge is -2.24. The quantitative estimate of drug-likeness (QED) is 0.890. The summed E-state index contributed by atoms with van der Waals surface area (Å²) in [6, 6.07) is 10.3. The van der Waals surface area contributed by atoms with Crippen LogP contribution in [0, 0.1) is 11.3 Å². The van der Waals surface area contributed by atoms with Gasteiger partial charge < -0.3 is 10.6 Å². The van der Waals surface area contributed by atoms with Crippen LogP contribution in [0.25, 0.3) is 10.9 Å². The molecule has 1 fully saturated rings. The second kappa shape index (κ2) is 5.85. The highest BCUT2D eigenvalue weighted by atomic mass is 15.1. The predicted octanol–water partition coefficient (Wildman–Crippen LogP) is 2.06. The monoisotopic (exact) mass is 267 g/mol. The molecule has 1 aromatic heterocycles. The zero-order valence-electron chi connectivity index (χ0n) is 11.3. The number of fused-ring (bicyclic) bond motifs is 1. The molecule has 0 amide bonds. The average molecular weight is 267 g/mol. The molecule has 1 aliphatic heterocycles. The summed E-state index contributed by atoms with van der Waals surface area (Å²) in [4.78, 5) is 0. The molecule has 0 saturated carbocycles. The molecule has 1 saturated heterocycles. The lowest BCUT2D eigenvalue weighted by Crippen LogP contribution is -2.39. The molecule has 1 atom stereocenters. The Morgan fingerprint density at radius 1 is 1.30 bits per heavy atom. The summed E-state index contributed by atoms with van der Waals surface area (Å²) in [6.45, 7) is 1.89. The van der Waals surface area contributed by atoms with Gasteiger partial charge in [0.25, 0.3) is 0 Å². The number of nitrogens with one attached hydrogen (secondary N) is 2. The lowest BCUT2D eigenvalue weighted by molar-refractivity contribution is 0.414. The van der Waals surface area contributed by atoms with Crippen LogP contribution in [0.5, 0.6) is 0 Å². The van der Waals surface area contributed by atoms with Gasteiger partial charge in [-0.2, -0.15) is 5.26 Å². The van der Waals surface area contributed by atoms with E-state index >= 15 is 0 Å². The van der Waals surface area contributed by atoms with E-state index in [0.717, 1.165) is 29.7 Å². The van der Waals surface area contributed by atoms with Crippen LogP contribution in [0.1, 0.15) is 25.0 Å². The number of nitrogens with zero attached hydrogens (tertiary/aromatic N) is 3. The summed E-state index contributed by atoms with van der Waals surface area (Å²) in [5.74, 6) is 0. The van der Waals surface area contributed by atoms with Crippen molar-refractivity contribution < 1.29 is 0 Å². The first-order chi connectivity index (χ1) is 9.88. The predicted molar refractivity (Wildman–Crippen MR) is 78.4 cm³/mol. The van der Waals surface area contributed by atoms with Gasteiger partial charge in [-0.1, -0.05) is 24.6 Å². The molecular formula is C15H17N5. The lowest BCUT2D eigenvalue weighted by atomic mass is 10.0. The van der Waals surface area contributed by atoms with Gasteiger partial charge in [-0.15, -0.1) is 10.2 Å². The van der Waals surface area contributed by atoms with E-state index in [4.69, 9.17) is 0 Å². The van der Waals surface area contributed by atoms with E-state index in [0.29, 0.717) is 11.7 Å². The van der Waals surface area contributed by atoms with Crippen LogP contribution in [0.3, 0.4) is 0 Å². The second-order valence-electron chi connectivity index (χ2n) is 5.08. The van der Waals surface area contributed by atoms with Crippen molar-refractivity contribution in [3.05, 3.63) is 30.0 Å². The molecule has 1 aromatic carbocycles. The minimum atomic E-state index is 0.361. The Balaban J connectivity index is 1.87. The SMILES string of the molecule is N#Cc1nnc2ccccc2c1NCC1CCCCN1. The Morgan fingerprint density at radius 3 is 3.00 bits per heavy atom. The standard InChI is InChI=1S/C15H17N5/c16-9-14-15(18-10-11-5-3-4-8-17-11)12-6-1-2-7-13(12)19-20-14/h1-2,6-7,11,17H,3-5,8,10H2,(H,18,19). The summed E-state index contributed by atoms with van der Waals surface area (Å²) in [5, 5.41) is 25.1. The van der Waals surface area contributed by atoms with Crippen LogP contribution in [-0.2, 0) is 0 Å². The second-order valence-corrected chi connectivity index (χ2v) is 5.08. The molecule has 2 aromatic rings. The molecule has 0 aliphatic carbocycles. The number of hydrogen-bond donors (Lipinski definition) is 2. The Morgan fingerprint density at radius 2 is 2.20 bits per heavy atom. The van der Waals surface area contributed by atoms with Crippen molar-refractivity contribution in [2.75, 3.05) is 18.4 Å². The summed E-state index contributed by atoms with van der Waals surface area (Å²) in [6.07, 6.45) is 3.69. The molecule has 3 rings (SSSR count). The average Bonchev–Trinajstić information content (AvgIpc) is 2.53. The summed E-state index contributed by atoms with van der Waals surface area (Å²) in [5.41, 5.74) is 1.97. The molecule has 1 aliphatic rings. The Bertz CT molecular complexity index is 640. The van der Waals surface area contributed by atoms with Crippen LogP contribution in [0.2, 0.25) is 0 Å². The number of rotatable bonds is 3. The van der Waals surface area contributed by atoms with Crippen molar-refractivity contribution in [2.24, 2.45) is 0 Å². The van der Waals surface area contributed by atoms with Gasteiger partial charge in [-0.05, 0) is 25.5 Å². The maximum atomic E-state index is 9.21. The van der Waals surface area contributed by atoms with Crippen LogP contribution in [0.4, 0.5) is 5.69 Å². The van der Waals surface area contributed by atoms with Crippen molar-refractivity contribution in [3.8, 4) is 6.07 Å². The molecule has 102 valence electrons. The number of anilines is 1. The largest absolute Gasteiger partial charge is 0.381 e. The third-order valence-electron chi connectivity index (χ3n) is 3.71. The van der Waals surface area contributed by atoms with E-state index in [-0.39, 0.29) is 0 Å². The summed E-state index contributed by atoms with van der Waals surface area (Å²) < 4.78 is 0. The maximum absolute atomic E-state index is 9.21. The molecule has 2 heterocycles. The van der Waals surface area contributed by atoms with Crippen molar-refractivity contribution in [1.29, 1.82) is 5.26 Å². The highest BCUT2D eigenvalue weighted by Crippen LogP contribution is 2.24. The van der Waals surface area contributed by atoms with Crippen LogP contribution < -0.4 is 10.6 Å². The van der Waals surface area contributed by atoms with Crippen LogP contribution >= 0.6 is 0 Å². The van der Waals surface area contributed by atoms with Gasteiger partial charge in [0, 0.05) is 18.0 Å². The first-order valence-corrected chi connectivity index (χ1v) is 7.01. The van der Waals surface area contributed by atoms with Crippen LogP contribution in [-0.4, -0.2) is 29.3 Å². The molecule has 20 heavy (non-hydrogen) atoms. The molecule has 0 bridgehead atoms. The van der Waals surface area contributed by atoms with E-state index in [9.17, 15) is 5.26 Å². The van der Waals surface area contributed by atoms with E-state index in [2.05, 4.69) is 26.9 Å². The molecule has 0 spiro atoms. The van der Waals surface area contributed by atoms with Gasteiger partial charge in [0.05, 0.1) is 11.2 Å². The van der Waals surface area contributed by atoms with E-state index < -0.39 is 0 Å². The van der Waals surface area contributed by atoms with Crippen LogP contribution in [0.15, 0.2) is 24.3 Å². The summed E-state index contributed by atoms with van der Waals surface area (Å²) in [7, 11) is 0. The number of hydrogen-bond acceptors (Lipinski definition) is 5. The van der Waals surface area contributed by atoms with Gasteiger partial charge >= 0.3 is 0 Å². The smallest absolute Gasteiger partial charge is 0.186 e. The first-order valence-electron chi connectivity index (χ1n) is 7.01. The fraction of sp³-hybridized carbons (Fsp3) is 0.400. The minimum absolute atomic E-state index is 0.361. The molecule has 0 radical (unpaired) electrons. The molecule has 2 N–H and O–H groups in total. The highest BCUT2D eigenvalue weighted by molar-refractivity contribution is 5.92. The topological polar surface area (TPSA) is 73.6 Å². The minimum Gasteiger partial charge on any atom is -0.381 e. The van der Waals surface area contributed by atoms with Gasteiger partial charge in [-0.3, -0.25) is 0 Å². The van der Waals surface area contributed by atoms with Crippen molar-refractivity contribution >= 4 is 16.6 Å². The van der Waals surface area contributed by atoms with Crippen molar-refractivity contribution in [2.45, 2.75) is 25.3 Å². The zero-order chi connectivity index (χ0) is 13.8. The molecule has 5 heteroatoms. The third-order valence-corrected chi connectivity index (χ3v) is 3.71. The number of aromatic nitrogens is 2. The van der Waals surface area contributed by atoms with E-state index in [1.807, 2.05) is 24.3 Å².